The number of fused-ring (bicyclic) bond motifs is 10. The molecule has 306 valence electrons. The number of benzene rings is 3. The molecule has 9 unspecified atom stereocenters. The smallest absolute Gasteiger partial charge is 0.0665 e. The molecule has 3 aliphatic carbocycles. The summed E-state index contributed by atoms with van der Waals surface area (Å²) >= 11 is 0. The van der Waals surface area contributed by atoms with Gasteiger partial charge in [-0.25, -0.2) is 0 Å². The molecule has 57 heavy (non-hydrogen) atoms. The van der Waals surface area contributed by atoms with Gasteiger partial charge in [-0.3, -0.25) is 0 Å². The summed E-state index contributed by atoms with van der Waals surface area (Å²) in [4.78, 5) is 5.91. The minimum Gasteiger partial charge on any atom is -0.376 e. The van der Waals surface area contributed by atoms with Crippen LogP contribution in [-0.4, -0.2) is 54.8 Å². The third-order valence-corrected chi connectivity index (χ3v) is 22.8. The SMILES string of the molecule is Cc1ccc2c(c1)C1C(c3ccccc3C1[Si](C)(CCCCCCOC(C)(C)C)C1C3C=CC=CC3C3C1c1cc(C)ccc1N3C[Si](C)(C)C)N2C[Si](C)(C)C. The highest BCUT2D eigenvalue weighted by molar-refractivity contribution is 6.82. The molecule has 0 radical (unpaired) electrons. The van der Waals surface area contributed by atoms with Crippen molar-refractivity contribution in [1.29, 1.82) is 0 Å². The molecular weight excluding hydrogens is 741 g/mol. The van der Waals surface area contributed by atoms with Crippen LogP contribution in [0.15, 0.2) is 85.0 Å². The fourth-order valence-electron chi connectivity index (χ4n) is 12.8. The number of unbranched alkanes of at least 4 members (excludes halogenated alkanes) is 3. The summed E-state index contributed by atoms with van der Waals surface area (Å²) in [6.45, 7) is 30.6. The minimum absolute atomic E-state index is 0.0615. The molecule has 2 aliphatic heterocycles. The normalized spacial score (nSPS) is 28.2. The molecule has 1 fully saturated rings. The van der Waals surface area contributed by atoms with Crippen molar-refractivity contribution in [3.05, 3.63) is 118 Å². The first kappa shape index (κ1) is 41.1. The predicted octanol–water partition coefficient (Wildman–Crippen LogP) is 13.5. The first-order chi connectivity index (χ1) is 26.9. The lowest BCUT2D eigenvalue weighted by molar-refractivity contribution is -0.00471. The summed E-state index contributed by atoms with van der Waals surface area (Å²) in [6.07, 6.45) is 17.7. The fourth-order valence-corrected chi connectivity index (χ4v) is 22.2. The highest BCUT2D eigenvalue weighted by atomic mass is 28.3. The van der Waals surface area contributed by atoms with Crippen LogP contribution in [0.4, 0.5) is 11.4 Å². The van der Waals surface area contributed by atoms with Gasteiger partial charge >= 0.3 is 0 Å². The molecule has 0 saturated heterocycles. The fraction of sp³-hybridized carbons (Fsp3) is 0.569. The van der Waals surface area contributed by atoms with Gasteiger partial charge in [-0.05, 0) is 92.4 Å². The maximum Gasteiger partial charge on any atom is 0.0665 e. The van der Waals surface area contributed by atoms with E-state index in [2.05, 4.69) is 175 Å². The molecule has 5 aliphatic rings. The number of hydrogen-bond donors (Lipinski definition) is 0. The van der Waals surface area contributed by atoms with Gasteiger partial charge in [-0.2, -0.15) is 0 Å². The van der Waals surface area contributed by atoms with E-state index >= 15 is 0 Å². The van der Waals surface area contributed by atoms with Crippen molar-refractivity contribution in [2.24, 2.45) is 11.8 Å². The predicted molar refractivity (Wildman–Crippen MR) is 255 cm³/mol. The second-order valence-electron chi connectivity index (χ2n) is 22.7. The van der Waals surface area contributed by atoms with Crippen LogP contribution in [0.2, 0.25) is 57.4 Å². The average molecular weight is 815 g/mol. The van der Waals surface area contributed by atoms with Gasteiger partial charge in [0.15, 0.2) is 0 Å². The van der Waals surface area contributed by atoms with E-state index in [0.29, 0.717) is 46.8 Å². The van der Waals surface area contributed by atoms with Gasteiger partial charge in [-0.15, -0.1) is 0 Å². The van der Waals surface area contributed by atoms with Crippen LogP contribution in [0.25, 0.3) is 0 Å². The van der Waals surface area contributed by atoms with Gasteiger partial charge in [0.2, 0.25) is 0 Å². The highest BCUT2D eigenvalue weighted by Gasteiger charge is 2.66. The Kier molecular flexibility index (Phi) is 10.9. The number of allylic oxidation sites excluding steroid dienone is 3. The Morgan fingerprint density at radius 1 is 0.614 bits per heavy atom. The molecular formula is C51H74N2OSi3. The Labute approximate surface area is 350 Å². The van der Waals surface area contributed by atoms with Crippen LogP contribution in [0.5, 0.6) is 0 Å². The number of rotatable bonds is 13. The lowest BCUT2D eigenvalue weighted by atomic mass is 9.89. The number of anilines is 2. The second kappa shape index (κ2) is 15.1. The van der Waals surface area contributed by atoms with Crippen molar-refractivity contribution >= 4 is 35.6 Å². The van der Waals surface area contributed by atoms with Crippen LogP contribution in [0, 0.1) is 25.7 Å². The summed E-state index contributed by atoms with van der Waals surface area (Å²) < 4.78 is 6.20. The molecule has 1 saturated carbocycles. The van der Waals surface area contributed by atoms with E-state index in [-0.39, 0.29) is 5.60 Å². The third kappa shape index (κ3) is 7.68. The molecule has 0 N–H and O–H groups in total. The van der Waals surface area contributed by atoms with E-state index in [1.807, 2.05) is 0 Å². The molecule has 2 heterocycles. The van der Waals surface area contributed by atoms with E-state index in [0.717, 1.165) is 13.0 Å². The molecule has 0 spiro atoms. The molecule has 9 atom stereocenters. The standard InChI is InChI=1S/C51H74N2OSi3/c1-35-25-27-43-41(31-35)45-47(52(43)33-55(6,7)8)37-21-15-17-23-39(37)49(45)57(12,30-20-14-13-19-29-54-51(3,4)5)50-40-24-18-16-22-38(40)48-46(50)42-32-36(2)26-28-44(42)53(48)34-56(9,10)11/h15-18,21-28,31-32,37,39,45-50H,13-14,19-20,29-30,33-34H2,1-12H3. The Morgan fingerprint density at radius 3 is 1.81 bits per heavy atom. The van der Waals surface area contributed by atoms with Crippen molar-refractivity contribution in [3.8, 4) is 0 Å². The molecule has 3 aromatic carbocycles. The zero-order chi connectivity index (χ0) is 40.7. The van der Waals surface area contributed by atoms with Crippen molar-refractivity contribution in [2.45, 2.75) is 153 Å². The number of ether oxygens (including phenoxy) is 1. The summed E-state index contributed by atoms with van der Waals surface area (Å²) in [6, 6.07) is 27.4. The van der Waals surface area contributed by atoms with Crippen LogP contribution in [0.3, 0.4) is 0 Å². The zero-order valence-corrected chi connectivity index (χ0v) is 40.7. The minimum atomic E-state index is -2.21. The molecule has 0 bridgehead atoms. The van der Waals surface area contributed by atoms with E-state index in [1.165, 1.54) is 48.8 Å². The maximum atomic E-state index is 6.20. The Morgan fingerprint density at radius 2 is 1.18 bits per heavy atom. The topological polar surface area (TPSA) is 15.7 Å². The summed E-state index contributed by atoms with van der Waals surface area (Å²) in [5.41, 5.74) is 13.8. The first-order valence-electron chi connectivity index (χ1n) is 22.7. The van der Waals surface area contributed by atoms with Gasteiger partial charge < -0.3 is 14.5 Å². The lowest BCUT2D eigenvalue weighted by Crippen LogP contribution is -2.49. The summed E-state index contributed by atoms with van der Waals surface area (Å²) in [5, 5.41) is 0. The third-order valence-electron chi connectivity index (χ3n) is 14.4. The molecule has 3 aromatic rings. The van der Waals surface area contributed by atoms with E-state index in [4.69, 9.17) is 4.74 Å². The quantitative estimate of drug-likeness (QED) is 0.126. The number of aryl methyl sites for hydroxylation is 2. The van der Waals surface area contributed by atoms with Crippen LogP contribution in [0.1, 0.15) is 103 Å². The Bertz CT molecular complexity index is 2020. The van der Waals surface area contributed by atoms with Gasteiger partial charge in [0, 0.05) is 54.1 Å². The van der Waals surface area contributed by atoms with Crippen molar-refractivity contribution in [2.75, 3.05) is 28.7 Å². The second-order valence-corrected chi connectivity index (χ2v) is 38.4. The van der Waals surface area contributed by atoms with Crippen LogP contribution in [-0.2, 0) is 4.74 Å². The lowest BCUT2D eigenvalue weighted by Gasteiger charge is -2.47. The molecule has 8 rings (SSSR count). The summed E-state index contributed by atoms with van der Waals surface area (Å²) in [5.74, 6) is 2.23. The van der Waals surface area contributed by atoms with Crippen LogP contribution < -0.4 is 9.80 Å². The largest absolute Gasteiger partial charge is 0.376 e. The average Bonchev–Trinajstić information content (AvgIpc) is 3.82. The van der Waals surface area contributed by atoms with Crippen molar-refractivity contribution in [3.63, 3.8) is 0 Å². The van der Waals surface area contributed by atoms with E-state index in [1.54, 1.807) is 33.6 Å². The van der Waals surface area contributed by atoms with Crippen molar-refractivity contribution in [1.82, 2.24) is 0 Å². The molecule has 0 amide bonds. The molecule has 6 heteroatoms. The number of nitrogens with zero attached hydrogens (tertiary/aromatic N) is 2. The van der Waals surface area contributed by atoms with Crippen LogP contribution >= 0.6 is 0 Å². The van der Waals surface area contributed by atoms with E-state index in [9.17, 15) is 0 Å². The van der Waals surface area contributed by atoms with E-state index < -0.39 is 24.2 Å². The Balaban J connectivity index is 1.28. The maximum absolute atomic E-state index is 6.20. The van der Waals surface area contributed by atoms with Gasteiger partial charge in [0.1, 0.15) is 0 Å². The van der Waals surface area contributed by atoms with Gasteiger partial charge in [-0.1, -0.05) is 155 Å². The van der Waals surface area contributed by atoms with Gasteiger partial charge in [0.05, 0.1) is 35.9 Å². The summed E-state index contributed by atoms with van der Waals surface area (Å²) in [7, 11) is -5.06. The van der Waals surface area contributed by atoms with Crippen molar-refractivity contribution < 1.29 is 4.74 Å². The number of hydrogen-bond acceptors (Lipinski definition) is 3. The molecule has 3 nitrogen and oxygen atoms in total. The Hall–Kier alpha value is -2.65. The zero-order valence-electron chi connectivity index (χ0n) is 37.7. The monoisotopic (exact) mass is 815 g/mol. The highest BCUT2D eigenvalue weighted by Crippen LogP contribution is 2.71. The first-order valence-corrected chi connectivity index (χ1v) is 33.0. The van der Waals surface area contributed by atoms with Gasteiger partial charge in [0.25, 0.3) is 0 Å². The molecule has 0 aromatic heterocycles.